The van der Waals surface area contributed by atoms with Gasteiger partial charge in [-0.3, -0.25) is 9.59 Å². The average Bonchev–Trinajstić information content (AvgIpc) is 2.78. The van der Waals surface area contributed by atoms with E-state index in [1.165, 1.54) is 42.7 Å². The summed E-state index contributed by atoms with van der Waals surface area (Å²) in [5.41, 5.74) is 5.60. The Hall–Kier alpha value is -3.25. The van der Waals surface area contributed by atoms with Gasteiger partial charge < -0.3 is 21.1 Å². The van der Waals surface area contributed by atoms with Crippen molar-refractivity contribution in [3.05, 3.63) is 71.1 Å². The molecule has 3 aromatic rings. The third-order valence-electron chi connectivity index (χ3n) is 4.24. The molecular formula is C21H21Cl2N5O5S. The van der Waals surface area contributed by atoms with Gasteiger partial charge in [0.2, 0.25) is 0 Å². The van der Waals surface area contributed by atoms with Gasteiger partial charge in [0, 0.05) is 25.2 Å². The summed E-state index contributed by atoms with van der Waals surface area (Å²) < 4.78 is 29.2. The number of nitrogens with two attached hydrogens (primary N) is 1. The third-order valence-corrected chi connectivity index (χ3v) is 5.58. The smallest absolute Gasteiger partial charge is 0.277 e. The first-order chi connectivity index (χ1) is 15.7. The van der Waals surface area contributed by atoms with Crippen LogP contribution in [0.25, 0.3) is 0 Å². The van der Waals surface area contributed by atoms with Gasteiger partial charge in [0.1, 0.15) is 18.2 Å². The number of halogens is 2. The Bertz CT molecular complexity index is 1290. The molecule has 2 heterocycles. The topological polar surface area (TPSA) is 153 Å². The van der Waals surface area contributed by atoms with Crippen molar-refractivity contribution in [1.29, 1.82) is 0 Å². The maximum absolute atomic E-state index is 13.0. The van der Waals surface area contributed by atoms with Gasteiger partial charge in [-0.2, -0.15) is 0 Å². The monoisotopic (exact) mass is 525 g/mol. The number of ether oxygens (including phenoxy) is 1. The molecule has 0 aliphatic carbocycles. The number of anilines is 2. The summed E-state index contributed by atoms with van der Waals surface area (Å²) in [5.74, 6) is -0.941. The number of sulfone groups is 1. The van der Waals surface area contributed by atoms with Crippen LogP contribution in [0.5, 0.6) is 5.75 Å². The van der Waals surface area contributed by atoms with Crippen molar-refractivity contribution in [2.24, 2.45) is 5.73 Å². The first-order valence-corrected chi connectivity index (χ1v) is 11.8. The predicted molar refractivity (Wildman–Crippen MR) is 131 cm³/mol. The number of carbonyl (C=O) groups excluding carboxylic acids is 2. The number of carbonyl (C=O) groups is 2. The molecule has 0 radical (unpaired) electrons. The second-order valence-corrected chi connectivity index (χ2v) is 9.19. The van der Waals surface area contributed by atoms with E-state index in [9.17, 15) is 18.0 Å². The van der Waals surface area contributed by atoms with Crippen molar-refractivity contribution in [3.8, 4) is 5.75 Å². The van der Waals surface area contributed by atoms with E-state index >= 15 is 0 Å². The van der Waals surface area contributed by atoms with Gasteiger partial charge in [-0.15, -0.1) is 12.4 Å². The van der Waals surface area contributed by atoms with Crippen LogP contribution in [0.2, 0.25) is 5.02 Å². The van der Waals surface area contributed by atoms with Crippen LogP contribution in [-0.2, 0) is 9.84 Å². The Kier molecular flexibility index (Phi) is 9.33. The number of pyridine rings is 2. The van der Waals surface area contributed by atoms with Gasteiger partial charge in [0.25, 0.3) is 11.8 Å². The number of benzene rings is 1. The molecule has 0 unspecified atom stereocenters. The third kappa shape index (κ3) is 6.87. The molecule has 0 saturated carbocycles. The van der Waals surface area contributed by atoms with Crippen LogP contribution in [0.4, 0.5) is 11.5 Å². The van der Waals surface area contributed by atoms with Crippen molar-refractivity contribution >= 4 is 57.2 Å². The van der Waals surface area contributed by atoms with Crippen LogP contribution in [0.1, 0.15) is 20.8 Å². The largest absolute Gasteiger partial charge is 0.491 e. The molecule has 2 aromatic heterocycles. The minimum absolute atomic E-state index is 0. The summed E-state index contributed by atoms with van der Waals surface area (Å²) in [4.78, 5) is 33.7. The van der Waals surface area contributed by atoms with Crippen molar-refractivity contribution in [2.75, 3.05) is 30.0 Å². The maximum Gasteiger partial charge on any atom is 0.277 e. The van der Waals surface area contributed by atoms with Gasteiger partial charge in [-0.1, -0.05) is 11.6 Å². The molecule has 0 spiro atoms. The van der Waals surface area contributed by atoms with E-state index in [2.05, 4.69) is 20.6 Å². The SMILES string of the molecule is CS(=O)(=O)c1ccc(C(=O)Nc2cccnc2C(=O)Nc2ccc(Cl)cn2)c(OCCN)c1.Cl. The van der Waals surface area contributed by atoms with Crippen LogP contribution in [0.15, 0.2) is 59.8 Å². The summed E-state index contributed by atoms with van der Waals surface area (Å²) in [5, 5.41) is 5.60. The Morgan fingerprint density at radius 3 is 2.50 bits per heavy atom. The fraction of sp³-hybridized carbons (Fsp3) is 0.143. The molecule has 180 valence electrons. The number of aromatic nitrogens is 2. The normalized spacial score (nSPS) is 10.7. The van der Waals surface area contributed by atoms with Gasteiger partial charge in [0.05, 0.1) is 21.2 Å². The molecular weight excluding hydrogens is 505 g/mol. The number of hydrogen-bond acceptors (Lipinski definition) is 8. The van der Waals surface area contributed by atoms with E-state index in [0.717, 1.165) is 6.26 Å². The molecule has 1 aromatic carbocycles. The van der Waals surface area contributed by atoms with E-state index < -0.39 is 21.7 Å². The van der Waals surface area contributed by atoms with Crippen LogP contribution >= 0.6 is 24.0 Å². The van der Waals surface area contributed by atoms with Gasteiger partial charge in [-0.25, -0.2) is 18.4 Å². The van der Waals surface area contributed by atoms with Crippen LogP contribution < -0.4 is 21.1 Å². The lowest BCUT2D eigenvalue weighted by molar-refractivity contribution is 0.102. The minimum atomic E-state index is -3.52. The fourth-order valence-corrected chi connectivity index (χ4v) is 3.46. The molecule has 34 heavy (non-hydrogen) atoms. The van der Waals surface area contributed by atoms with Gasteiger partial charge in [-0.05, 0) is 42.5 Å². The minimum Gasteiger partial charge on any atom is -0.491 e. The van der Waals surface area contributed by atoms with E-state index in [1.54, 1.807) is 12.1 Å². The standard InChI is InChI=1S/C21H20ClN5O5S.ClH/c1-33(30,31)14-5-6-15(17(11-14)32-10-8-23)20(28)26-16-3-2-9-24-19(16)21(29)27-18-7-4-13(22)12-25-18;/h2-7,9,11-12H,8,10,23H2,1H3,(H,26,28)(H,25,27,29);1H. The van der Waals surface area contributed by atoms with E-state index in [4.69, 9.17) is 22.1 Å². The Labute approximate surface area is 207 Å². The highest BCUT2D eigenvalue weighted by molar-refractivity contribution is 7.90. The lowest BCUT2D eigenvalue weighted by Crippen LogP contribution is -2.21. The molecule has 2 amide bonds. The van der Waals surface area contributed by atoms with Crippen LogP contribution in [0, 0.1) is 0 Å². The lowest BCUT2D eigenvalue weighted by Gasteiger charge is -2.14. The number of nitrogens with one attached hydrogen (secondary N) is 2. The Morgan fingerprint density at radius 1 is 1.09 bits per heavy atom. The zero-order chi connectivity index (χ0) is 24.0. The van der Waals surface area contributed by atoms with Gasteiger partial charge >= 0.3 is 0 Å². The highest BCUT2D eigenvalue weighted by Gasteiger charge is 2.20. The zero-order valence-corrected chi connectivity index (χ0v) is 20.2. The summed E-state index contributed by atoms with van der Waals surface area (Å²) in [6.45, 7) is 0.234. The summed E-state index contributed by atoms with van der Waals surface area (Å²) in [6, 6.07) is 10.0. The Balaban J connectivity index is 0.00000408. The molecule has 3 rings (SSSR count). The highest BCUT2D eigenvalue weighted by atomic mass is 35.5. The molecule has 13 heteroatoms. The first-order valence-electron chi connectivity index (χ1n) is 9.55. The molecule has 0 bridgehead atoms. The molecule has 4 N–H and O–H groups in total. The molecule has 0 saturated heterocycles. The zero-order valence-electron chi connectivity index (χ0n) is 17.8. The predicted octanol–water partition coefficient (Wildman–Crippen LogP) is 2.80. The molecule has 0 aliphatic rings. The molecule has 10 nitrogen and oxygen atoms in total. The first kappa shape index (κ1) is 27.0. The maximum atomic E-state index is 13.0. The second kappa shape index (κ2) is 11.7. The van der Waals surface area contributed by atoms with E-state index in [1.807, 2.05) is 0 Å². The average molecular weight is 526 g/mol. The summed E-state index contributed by atoms with van der Waals surface area (Å²) in [6.07, 6.45) is 3.82. The quantitative estimate of drug-likeness (QED) is 0.405. The van der Waals surface area contributed by atoms with Crippen LogP contribution in [-0.4, -0.2) is 49.6 Å². The number of nitrogens with zero attached hydrogens (tertiary/aromatic N) is 2. The summed E-state index contributed by atoms with van der Waals surface area (Å²) >= 11 is 5.80. The fourth-order valence-electron chi connectivity index (χ4n) is 2.71. The number of hydrogen-bond donors (Lipinski definition) is 3. The second-order valence-electron chi connectivity index (χ2n) is 6.74. The van der Waals surface area contributed by atoms with Crippen LogP contribution in [0.3, 0.4) is 0 Å². The van der Waals surface area contributed by atoms with Crippen molar-refractivity contribution in [1.82, 2.24) is 9.97 Å². The van der Waals surface area contributed by atoms with Crippen molar-refractivity contribution in [3.63, 3.8) is 0 Å². The van der Waals surface area contributed by atoms with Crippen molar-refractivity contribution in [2.45, 2.75) is 4.90 Å². The number of amides is 2. The van der Waals surface area contributed by atoms with E-state index in [-0.39, 0.29) is 59.0 Å². The number of rotatable bonds is 8. The summed E-state index contributed by atoms with van der Waals surface area (Å²) in [7, 11) is -3.52. The lowest BCUT2D eigenvalue weighted by atomic mass is 10.1. The van der Waals surface area contributed by atoms with Crippen molar-refractivity contribution < 1.29 is 22.7 Å². The van der Waals surface area contributed by atoms with E-state index in [0.29, 0.717) is 5.02 Å². The molecule has 0 atom stereocenters. The van der Waals surface area contributed by atoms with Gasteiger partial charge in [0.15, 0.2) is 15.5 Å². The Morgan fingerprint density at radius 2 is 1.85 bits per heavy atom. The molecule has 0 fully saturated rings. The molecule has 0 aliphatic heterocycles. The highest BCUT2D eigenvalue weighted by Crippen LogP contribution is 2.25.